The minimum Gasteiger partial charge on any atom is -0.464 e. The third-order valence-corrected chi connectivity index (χ3v) is 2.43. The van der Waals surface area contributed by atoms with Gasteiger partial charge in [-0.3, -0.25) is 0 Å². The van der Waals surface area contributed by atoms with Crippen LogP contribution in [0.15, 0.2) is 29.0 Å². The number of methoxy groups -OCH3 is 1. The van der Waals surface area contributed by atoms with E-state index >= 15 is 0 Å². The SMILES string of the molecule is C=C1C=C(C(=O)OC)N(C)SC(C)=N1. The van der Waals surface area contributed by atoms with E-state index in [2.05, 4.69) is 16.3 Å². The van der Waals surface area contributed by atoms with Crippen LogP contribution in [0.1, 0.15) is 6.92 Å². The quantitative estimate of drug-likeness (QED) is 0.488. The first-order chi connectivity index (χ1) is 6.54. The zero-order chi connectivity index (χ0) is 10.7. The van der Waals surface area contributed by atoms with Crippen LogP contribution in [-0.4, -0.2) is 29.5 Å². The van der Waals surface area contributed by atoms with Crippen molar-refractivity contribution in [2.75, 3.05) is 14.2 Å². The molecule has 0 saturated carbocycles. The Balaban J connectivity index is 2.98. The van der Waals surface area contributed by atoms with Crippen molar-refractivity contribution in [1.82, 2.24) is 4.31 Å². The van der Waals surface area contributed by atoms with E-state index in [1.807, 2.05) is 6.92 Å². The van der Waals surface area contributed by atoms with Crippen molar-refractivity contribution >= 4 is 23.0 Å². The molecule has 1 rings (SSSR count). The van der Waals surface area contributed by atoms with E-state index in [0.717, 1.165) is 5.04 Å². The first-order valence-electron chi connectivity index (χ1n) is 4.00. The van der Waals surface area contributed by atoms with E-state index in [1.165, 1.54) is 19.1 Å². The zero-order valence-electron chi connectivity index (χ0n) is 8.40. The number of esters is 1. The van der Waals surface area contributed by atoms with E-state index in [9.17, 15) is 4.79 Å². The van der Waals surface area contributed by atoms with Crippen molar-refractivity contribution in [2.24, 2.45) is 4.99 Å². The molecule has 0 radical (unpaired) electrons. The fourth-order valence-electron chi connectivity index (χ4n) is 1.04. The minimum absolute atomic E-state index is 0.383. The molecular formula is C9H12N2O2S. The summed E-state index contributed by atoms with van der Waals surface area (Å²) in [6.45, 7) is 5.58. The summed E-state index contributed by atoms with van der Waals surface area (Å²) < 4.78 is 6.36. The van der Waals surface area contributed by atoms with Crippen LogP contribution in [0.25, 0.3) is 0 Å². The van der Waals surface area contributed by atoms with E-state index < -0.39 is 0 Å². The van der Waals surface area contributed by atoms with Gasteiger partial charge in [0.15, 0.2) is 0 Å². The number of hydrogen-bond donors (Lipinski definition) is 0. The fraction of sp³-hybridized carbons (Fsp3) is 0.333. The molecule has 0 N–H and O–H groups in total. The molecule has 0 aliphatic carbocycles. The van der Waals surface area contributed by atoms with Gasteiger partial charge in [-0.1, -0.05) is 6.58 Å². The summed E-state index contributed by atoms with van der Waals surface area (Å²) in [5.74, 6) is -0.383. The van der Waals surface area contributed by atoms with Crippen molar-refractivity contribution in [1.29, 1.82) is 0 Å². The molecule has 0 spiro atoms. The van der Waals surface area contributed by atoms with Gasteiger partial charge in [0, 0.05) is 19.0 Å². The van der Waals surface area contributed by atoms with Crippen molar-refractivity contribution in [3.63, 3.8) is 0 Å². The molecule has 1 aliphatic rings. The lowest BCUT2D eigenvalue weighted by molar-refractivity contribution is -0.137. The summed E-state index contributed by atoms with van der Waals surface area (Å²) in [7, 11) is 3.13. The van der Waals surface area contributed by atoms with Crippen LogP contribution in [0.4, 0.5) is 0 Å². The van der Waals surface area contributed by atoms with Gasteiger partial charge in [0.25, 0.3) is 0 Å². The lowest BCUT2D eigenvalue weighted by atomic mass is 10.3. The summed E-state index contributed by atoms with van der Waals surface area (Å²) in [5, 5.41) is 0.840. The molecule has 4 nitrogen and oxygen atoms in total. The molecule has 0 aromatic carbocycles. The lowest BCUT2D eigenvalue weighted by Gasteiger charge is -2.16. The summed E-state index contributed by atoms with van der Waals surface area (Å²) in [6.07, 6.45) is 1.61. The highest BCUT2D eigenvalue weighted by molar-refractivity contribution is 8.12. The summed E-state index contributed by atoms with van der Waals surface area (Å²) >= 11 is 1.37. The van der Waals surface area contributed by atoms with Crippen molar-refractivity contribution < 1.29 is 9.53 Å². The van der Waals surface area contributed by atoms with Gasteiger partial charge < -0.3 is 9.04 Å². The van der Waals surface area contributed by atoms with Gasteiger partial charge in [-0.15, -0.1) is 0 Å². The molecule has 0 aromatic heterocycles. The molecular weight excluding hydrogens is 200 g/mol. The highest BCUT2D eigenvalue weighted by Crippen LogP contribution is 2.23. The van der Waals surface area contributed by atoms with Gasteiger partial charge in [-0.05, 0) is 13.0 Å². The highest BCUT2D eigenvalue weighted by Gasteiger charge is 2.18. The van der Waals surface area contributed by atoms with Crippen LogP contribution in [0, 0.1) is 0 Å². The topological polar surface area (TPSA) is 41.9 Å². The van der Waals surface area contributed by atoms with Gasteiger partial charge in [0.05, 0.1) is 17.9 Å². The Bertz CT molecular complexity index is 334. The number of carbonyl (C=O) groups is 1. The van der Waals surface area contributed by atoms with Crippen molar-refractivity contribution in [3.8, 4) is 0 Å². The third-order valence-electron chi connectivity index (χ3n) is 1.61. The molecule has 0 saturated heterocycles. The van der Waals surface area contributed by atoms with Crippen LogP contribution in [0.2, 0.25) is 0 Å². The molecule has 0 fully saturated rings. The maximum absolute atomic E-state index is 11.3. The number of rotatable bonds is 1. The monoisotopic (exact) mass is 212 g/mol. The van der Waals surface area contributed by atoms with E-state index in [4.69, 9.17) is 0 Å². The summed E-state index contributed by atoms with van der Waals surface area (Å²) in [5.41, 5.74) is 1.00. The first-order valence-corrected chi connectivity index (χ1v) is 4.78. The second-order valence-electron chi connectivity index (χ2n) is 2.73. The Labute approximate surface area is 87.5 Å². The molecule has 1 aliphatic heterocycles. The predicted octanol–water partition coefficient (Wildman–Crippen LogP) is 1.57. The number of likely N-dealkylation sites (N-methyl/N-ethyl adjacent to an activating group) is 1. The van der Waals surface area contributed by atoms with E-state index in [-0.39, 0.29) is 5.97 Å². The summed E-state index contributed by atoms with van der Waals surface area (Å²) in [6, 6.07) is 0. The number of nitrogens with zero attached hydrogens (tertiary/aromatic N) is 2. The van der Waals surface area contributed by atoms with E-state index in [0.29, 0.717) is 11.4 Å². The molecule has 0 bridgehead atoms. The third kappa shape index (κ3) is 2.38. The smallest absolute Gasteiger partial charge is 0.355 e. The van der Waals surface area contributed by atoms with Crippen molar-refractivity contribution in [2.45, 2.75) is 6.92 Å². The molecule has 0 atom stereocenters. The normalized spacial score (nSPS) is 17.1. The molecule has 76 valence electrons. The second kappa shape index (κ2) is 4.32. The van der Waals surface area contributed by atoms with Gasteiger partial charge in [0.2, 0.25) is 0 Å². The Morgan fingerprint density at radius 2 is 2.36 bits per heavy atom. The standard InChI is InChI=1S/C9H12N2O2S/c1-6-5-8(9(12)13-4)11(3)14-7(2)10-6/h5H,1H2,2-4H3. The van der Waals surface area contributed by atoms with Crippen LogP contribution in [0.5, 0.6) is 0 Å². The van der Waals surface area contributed by atoms with Crippen LogP contribution in [-0.2, 0) is 9.53 Å². The van der Waals surface area contributed by atoms with Crippen LogP contribution < -0.4 is 0 Å². The fourth-order valence-corrected chi connectivity index (χ4v) is 1.82. The summed E-state index contributed by atoms with van der Waals surface area (Å²) in [4.78, 5) is 15.5. The number of carbonyl (C=O) groups excluding carboxylic acids is 1. The molecule has 1 heterocycles. The minimum atomic E-state index is -0.383. The highest BCUT2D eigenvalue weighted by atomic mass is 32.2. The van der Waals surface area contributed by atoms with Crippen LogP contribution in [0.3, 0.4) is 0 Å². The van der Waals surface area contributed by atoms with Crippen molar-refractivity contribution in [3.05, 3.63) is 24.0 Å². The Kier molecular flexibility index (Phi) is 3.35. The maximum Gasteiger partial charge on any atom is 0.355 e. The number of hydrogen-bond acceptors (Lipinski definition) is 5. The molecule has 5 heteroatoms. The van der Waals surface area contributed by atoms with Crippen LogP contribution >= 0.6 is 11.9 Å². The average Bonchev–Trinajstić information content (AvgIpc) is 2.23. The van der Waals surface area contributed by atoms with Gasteiger partial charge in [-0.25, -0.2) is 9.79 Å². The van der Waals surface area contributed by atoms with Gasteiger partial charge >= 0.3 is 5.97 Å². The molecule has 0 aromatic rings. The Morgan fingerprint density at radius 1 is 1.71 bits per heavy atom. The Hall–Kier alpha value is -1.23. The first kappa shape index (κ1) is 10.8. The average molecular weight is 212 g/mol. The maximum atomic E-state index is 11.3. The molecule has 0 unspecified atom stereocenters. The Morgan fingerprint density at radius 3 is 2.93 bits per heavy atom. The van der Waals surface area contributed by atoms with E-state index in [1.54, 1.807) is 17.4 Å². The van der Waals surface area contributed by atoms with Gasteiger partial charge in [0.1, 0.15) is 5.70 Å². The molecule has 0 amide bonds. The lowest BCUT2D eigenvalue weighted by Crippen LogP contribution is -2.19. The number of allylic oxidation sites excluding steroid dienone is 1. The number of ether oxygens (including phenoxy) is 1. The zero-order valence-corrected chi connectivity index (χ0v) is 9.22. The largest absolute Gasteiger partial charge is 0.464 e. The second-order valence-corrected chi connectivity index (χ2v) is 4.05. The molecule has 14 heavy (non-hydrogen) atoms. The number of aliphatic imine (C=N–C) groups is 1. The predicted molar refractivity (Wildman–Crippen MR) is 57.7 cm³/mol. The van der Waals surface area contributed by atoms with Gasteiger partial charge in [-0.2, -0.15) is 0 Å².